The highest BCUT2D eigenvalue weighted by Crippen LogP contribution is 2.23. The molecule has 0 bridgehead atoms. The van der Waals surface area contributed by atoms with Gasteiger partial charge in [0.25, 0.3) is 0 Å². The average molecular weight is 381 g/mol. The van der Waals surface area contributed by atoms with Crippen LogP contribution < -0.4 is 15.4 Å². The van der Waals surface area contributed by atoms with Crippen molar-refractivity contribution in [1.29, 1.82) is 0 Å². The van der Waals surface area contributed by atoms with Gasteiger partial charge >= 0.3 is 0 Å². The van der Waals surface area contributed by atoms with Crippen LogP contribution in [0.5, 0.6) is 5.75 Å². The Balaban J connectivity index is 1.73. The number of anilines is 1. The smallest absolute Gasteiger partial charge is 0.170 e. The van der Waals surface area contributed by atoms with Crippen LogP contribution in [0.4, 0.5) is 5.69 Å². The number of hydrogen-bond donors (Lipinski definition) is 2. The molecule has 0 aliphatic rings. The van der Waals surface area contributed by atoms with E-state index in [0.29, 0.717) is 11.0 Å². The van der Waals surface area contributed by atoms with Crippen LogP contribution in [-0.2, 0) is 0 Å². The van der Waals surface area contributed by atoms with Crippen molar-refractivity contribution in [2.75, 3.05) is 24.7 Å². The first-order valence-electron chi connectivity index (χ1n) is 7.64. The third kappa shape index (κ3) is 6.23. The molecule has 2 rings (SSSR count). The van der Waals surface area contributed by atoms with Crippen molar-refractivity contribution >= 4 is 46.4 Å². The molecule has 0 heterocycles. The molecule has 0 saturated heterocycles. The number of thiocarbonyl (C=S) groups is 1. The Kier molecular flexibility index (Phi) is 7.69. The van der Waals surface area contributed by atoms with Crippen molar-refractivity contribution in [3.63, 3.8) is 0 Å². The van der Waals surface area contributed by atoms with Crippen molar-refractivity contribution in [1.82, 2.24) is 5.32 Å². The van der Waals surface area contributed by atoms with E-state index in [1.165, 1.54) is 4.90 Å². The molecule has 24 heavy (non-hydrogen) atoms. The maximum absolute atomic E-state index is 5.90. The molecule has 6 heteroatoms. The number of halogens is 1. The van der Waals surface area contributed by atoms with Gasteiger partial charge in [0.15, 0.2) is 5.11 Å². The lowest BCUT2D eigenvalue weighted by atomic mass is 10.2. The van der Waals surface area contributed by atoms with Crippen LogP contribution in [0.25, 0.3) is 0 Å². The van der Waals surface area contributed by atoms with Gasteiger partial charge in [-0.2, -0.15) is 0 Å². The molecule has 0 aromatic heterocycles. The Labute approximate surface area is 158 Å². The zero-order valence-electron chi connectivity index (χ0n) is 13.7. The lowest BCUT2D eigenvalue weighted by Crippen LogP contribution is -2.32. The summed E-state index contributed by atoms with van der Waals surface area (Å²) >= 11 is 13.1. The summed E-state index contributed by atoms with van der Waals surface area (Å²) in [6.45, 7) is 3.00. The van der Waals surface area contributed by atoms with Crippen LogP contribution in [0, 0.1) is 5.92 Å². The summed E-state index contributed by atoms with van der Waals surface area (Å²) in [5.41, 5.74) is 0.862. The van der Waals surface area contributed by atoms with Gasteiger partial charge in [0.2, 0.25) is 0 Å². The number of ether oxygens (including phenoxy) is 1. The maximum Gasteiger partial charge on any atom is 0.170 e. The monoisotopic (exact) mass is 380 g/mol. The zero-order valence-corrected chi connectivity index (χ0v) is 16.1. The second-order valence-corrected chi connectivity index (χ2v) is 7.34. The predicted octanol–water partition coefficient (Wildman–Crippen LogP) is 5.06. The van der Waals surface area contributed by atoms with Gasteiger partial charge in [-0.05, 0) is 54.5 Å². The van der Waals surface area contributed by atoms with Crippen molar-refractivity contribution in [2.45, 2.75) is 11.8 Å². The summed E-state index contributed by atoms with van der Waals surface area (Å²) in [7, 11) is 1.65. The lowest BCUT2D eigenvalue weighted by Gasteiger charge is -2.16. The van der Waals surface area contributed by atoms with E-state index in [1.54, 1.807) is 7.11 Å². The molecule has 2 aromatic carbocycles. The zero-order chi connectivity index (χ0) is 17.4. The van der Waals surface area contributed by atoms with E-state index in [0.717, 1.165) is 28.8 Å². The number of hydrogen-bond acceptors (Lipinski definition) is 3. The van der Waals surface area contributed by atoms with Gasteiger partial charge in [-0.15, -0.1) is 11.8 Å². The third-order valence-electron chi connectivity index (χ3n) is 3.31. The van der Waals surface area contributed by atoms with Gasteiger partial charge in [-0.1, -0.05) is 30.7 Å². The van der Waals surface area contributed by atoms with Crippen LogP contribution >= 0.6 is 35.6 Å². The number of benzene rings is 2. The molecule has 2 aromatic rings. The van der Waals surface area contributed by atoms with Crippen molar-refractivity contribution < 1.29 is 4.74 Å². The summed E-state index contributed by atoms with van der Waals surface area (Å²) in [6.07, 6.45) is 0. The van der Waals surface area contributed by atoms with Crippen LogP contribution in [0.15, 0.2) is 53.4 Å². The van der Waals surface area contributed by atoms with Gasteiger partial charge < -0.3 is 15.4 Å². The first kappa shape index (κ1) is 18.9. The van der Waals surface area contributed by atoms with E-state index in [1.807, 2.05) is 60.3 Å². The van der Waals surface area contributed by atoms with E-state index >= 15 is 0 Å². The van der Waals surface area contributed by atoms with Crippen molar-refractivity contribution in [3.05, 3.63) is 53.6 Å². The summed E-state index contributed by atoms with van der Waals surface area (Å²) in [5.74, 6) is 2.25. The molecule has 2 N–H and O–H groups in total. The second kappa shape index (κ2) is 9.77. The van der Waals surface area contributed by atoms with E-state index in [4.69, 9.17) is 28.6 Å². The van der Waals surface area contributed by atoms with Gasteiger partial charge in [-0.25, -0.2) is 0 Å². The van der Waals surface area contributed by atoms with E-state index in [9.17, 15) is 0 Å². The topological polar surface area (TPSA) is 33.3 Å². The van der Waals surface area contributed by atoms with E-state index in [-0.39, 0.29) is 0 Å². The Morgan fingerprint density at radius 2 is 1.92 bits per heavy atom. The molecule has 1 atom stereocenters. The highest BCUT2D eigenvalue weighted by molar-refractivity contribution is 7.99. The number of methoxy groups -OCH3 is 1. The molecular weight excluding hydrogens is 360 g/mol. The van der Waals surface area contributed by atoms with Crippen molar-refractivity contribution in [3.8, 4) is 5.75 Å². The molecule has 0 fully saturated rings. The largest absolute Gasteiger partial charge is 0.495 e. The maximum atomic E-state index is 5.90. The molecule has 128 valence electrons. The molecule has 3 nitrogen and oxygen atoms in total. The van der Waals surface area contributed by atoms with Crippen LogP contribution in [-0.4, -0.2) is 24.5 Å². The number of para-hydroxylation sites is 2. The van der Waals surface area contributed by atoms with Crippen LogP contribution in [0.1, 0.15) is 6.92 Å². The normalized spacial score (nSPS) is 11.6. The molecule has 0 unspecified atom stereocenters. The minimum atomic E-state index is 0.475. The van der Waals surface area contributed by atoms with Gasteiger partial charge in [0.1, 0.15) is 5.75 Å². The molecule has 0 radical (unpaired) electrons. The fraction of sp³-hybridized carbons (Fsp3) is 0.278. The summed E-state index contributed by atoms with van der Waals surface area (Å²) in [4.78, 5) is 1.22. The van der Waals surface area contributed by atoms with Crippen LogP contribution in [0.2, 0.25) is 5.02 Å². The molecule has 0 amide bonds. The quantitative estimate of drug-likeness (QED) is 0.518. The first-order valence-corrected chi connectivity index (χ1v) is 9.42. The summed E-state index contributed by atoms with van der Waals surface area (Å²) in [5, 5.41) is 7.79. The Morgan fingerprint density at radius 3 is 2.62 bits per heavy atom. The van der Waals surface area contributed by atoms with E-state index in [2.05, 4.69) is 17.6 Å². The van der Waals surface area contributed by atoms with E-state index < -0.39 is 0 Å². The lowest BCUT2D eigenvalue weighted by molar-refractivity contribution is 0.417. The minimum absolute atomic E-state index is 0.475. The van der Waals surface area contributed by atoms with Gasteiger partial charge in [-0.3, -0.25) is 0 Å². The fourth-order valence-electron chi connectivity index (χ4n) is 2.01. The summed E-state index contributed by atoms with van der Waals surface area (Å²) < 4.78 is 5.31. The molecule has 0 spiro atoms. The Bertz CT molecular complexity index is 664. The first-order chi connectivity index (χ1) is 11.6. The van der Waals surface area contributed by atoms with Crippen molar-refractivity contribution in [2.24, 2.45) is 5.92 Å². The molecule has 0 aliphatic carbocycles. The number of nitrogens with one attached hydrogen (secondary N) is 2. The predicted molar refractivity (Wildman–Crippen MR) is 109 cm³/mol. The average Bonchev–Trinajstić information content (AvgIpc) is 2.60. The minimum Gasteiger partial charge on any atom is -0.495 e. The standard InChI is InChI=1S/C18H21ClN2OS2/c1-13(12-24-15-9-7-14(19)8-10-15)11-20-18(23)21-16-5-3-4-6-17(16)22-2/h3-10,13H,11-12H2,1-2H3,(H2,20,21,23)/t13-/m0/s1. The Hall–Kier alpha value is -1.43. The molecule has 0 saturated carbocycles. The third-order valence-corrected chi connectivity index (χ3v) is 5.15. The molecule has 0 aliphatic heterocycles. The highest BCUT2D eigenvalue weighted by atomic mass is 35.5. The van der Waals surface area contributed by atoms with Gasteiger partial charge in [0.05, 0.1) is 12.8 Å². The summed E-state index contributed by atoms with van der Waals surface area (Å²) in [6, 6.07) is 15.6. The molecular formula is C18H21ClN2OS2. The fourth-order valence-corrected chi connectivity index (χ4v) is 3.25. The SMILES string of the molecule is COc1ccccc1NC(=S)NC[C@H](C)CSc1ccc(Cl)cc1. The highest BCUT2D eigenvalue weighted by Gasteiger charge is 2.07. The van der Waals surface area contributed by atoms with Gasteiger partial charge in [0, 0.05) is 22.2 Å². The Morgan fingerprint density at radius 1 is 1.21 bits per heavy atom. The number of thioether (sulfide) groups is 1. The number of rotatable bonds is 7. The van der Waals surface area contributed by atoms with Crippen LogP contribution in [0.3, 0.4) is 0 Å². The second-order valence-electron chi connectivity index (χ2n) is 5.41.